The summed E-state index contributed by atoms with van der Waals surface area (Å²) >= 11 is 0. The molecule has 2 N–H and O–H groups in total. The Hall–Kier alpha value is -1.81. The third-order valence-electron chi connectivity index (χ3n) is 5.06. The largest absolute Gasteiger partial charge is 0.379 e. The SMILES string of the molecule is NC1(c2noc(-c3cccc(S(=O)(=O)N4CCOCC4)c3)n2)CCCC1. The molecule has 1 aromatic carbocycles. The van der Waals surface area contributed by atoms with E-state index in [2.05, 4.69) is 10.1 Å². The lowest BCUT2D eigenvalue weighted by Crippen LogP contribution is -2.40. The smallest absolute Gasteiger partial charge is 0.258 e. The minimum absolute atomic E-state index is 0.208. The number of hydrogen-bond acceptors (Lipinski definition) is 7. The quantitative estimate of drug-likeness (QED) is 0.858. The van der Waals surface area contributed by atoms with Crippen LogP contribution >= 0.6 is 0 Å². The fourth-order valence-corrected chi connectivity index (χ4v) is 4.95. The second-order valence-corrected chi connectivity index (χ2v) is 8.77. The predicted molar refractivity (Wildman–Crippen MR) is 93.6 cm³/mol. The van der Waals surface area contributed by atoms with Gasteiger partial charge in [0.25, 0.3) is 5.89 Å². The summed E-state index contributed by atoms with van der Waals surface area (Å²) in [5.41, 5.74) is 6.40. The van der Waals surface area contributed by atoms with Crippen molar-refractivity contribution in [2.24, 2.45) is 5.73 Å². The highest BCUT2D eigenvalue weighted by atomic mass is 32.2. The minimum atomic E-state index is -3.57. The van der Waals surface area contributed by atoms with Gasteiger partial charge in [-0.05, 0) is 31.0 Å². The molecule has 9 heteroatoms. The molecule has 0 atom stereocenters. The van der Waals surface area contributed by atoms with Crippen LogP contribution in [-0.2, 0) is 20.3 Å². The summed E-state index contributed by atoms with van der Waals surface area (Å²) < 4.78 is 37.7. The van der Waals surface area contributed by atoms with Crippen LogP contribution in [0.15, 0.2) is 33.7 Å². The summed E-state index contributed by atoms with van der Waals surface area (Å²) in [7, 11) is -3.57. The summed E-state index contributed by atoms with van der Waals surface area (Å²) in [6.45, 7) is 1.52. The Morgan fingerprint density at radius 1 is 1.15 bits per heavy atom. The van der Waals surface area contributed by atoms with Gasteiger partial charge in [0.2, 0.25) is 10.0 Å². The molecule has 26 heavy (non-hydrogen) atoms. The zero-order valence-corrected chi connectivity index (χ0v) is 15.2. The molecular formula is C17H22N4O4S. The molecule has 8 nitrogen and oxygen atoms in total. The van der Waals surface area contributed by atoms with Gasteiger partial charge in [-0.2, -0.15) is 9.29 Å². The van der Waals surface area contributed by atoms with E-state index >= 15 is 0 Å². The van der Waals surface area contributed by atoms with Gasteiger partial charge in [-0.1, -0.05) is 24.1 Å². The molecule has 1 aliphatic heterocycles. The van der Waals surface area contributed by atoms with Crippen molar-refractivity contribution in [2.75, 3.05) is 26.3 Å². The number of aromatic nitrogens is 2. The van der Waals surface area contributed by atoms with Crippen molar-refractivity contribution in [3.63, 3.8) is 0 Å². The third-order valence-corrected chi connectivity index (χ3v) is 6.95. The van der Waals surface area contributed by atoms with Crippen LogP contribution in [0.25, 0.3) is 11.5 Å². The molecule has 1 aromatic heterocycles. The van der Waals surface area contributed by atoms with Crippen molar-refractivity contribution < 1.29 is 17.7 Å². The number of nitrogens with two attached hydrogens (primary N) is 1. The van der Waals surface area contributed by atoms with Gasteiger partial charge in [0.1, 0.15) is 0 Å². The minimum Gasteiger partial charge on any atom is -0.379 e. The van der Waals surface area contributed by atoms with Crippen LogP contribution < -0.4 is 5.73 Å². The topological polar surface area (TPSA) is 112 Å². The van der Waals surface area contributed by atoms with E-state index in [0.29, 0.717) is 37.7 Å². The van der Waals surface area contributed by atoms with Crippen LogP contribution in [0.1, 0.15) is 31.5 Å². The first-order chi connectivity index (χ1) is 12.5. The van der Waals surface area contributed by atoms with Crippen LogP contribution in [-0.4, -0.2) is 49.2 Å². The van der Waals surface area contributed by atoms with E-state index in [1.165, 1.54) is 4.31 Å². The van der Waals surface area contributed by atoms with Crippen molar-refractivity contribution >= 4 is 10.0 Å². The molecule has 1 saturated carbocycles. The number of ether oxygens (including phenoxy) is 1. The average Bonchev–Trinajstić information content (AvgIpc) is 3.33. The van der Waals surface area contributed by atoms with Crippen LogP contribution in [0, 0.1) is 0 Å². The fourth-order valence-electron chi connectivity index (χ4n) is 3.50. The van der Waals surface area contributed by atoms with E-state index in [1.54, 1.807) is 24.3 Å². The van der Waals surface area contributed by atoms with E-state index < -0.39 is 15.6 Å². The first-order valence-corrected chi connectivity index (χ1v) is 10.2. The zero-order valence-electron chi connectivity index (χ0n) is 14.4. The number of hydrogen-bond donors (Lipinski definition) is 1. The number of sulfonamides is 1. The molecule has 0 spiro atoms. The van der Waals surface area contributed by atoms with Crippen LogP contribution in [0.4, 0.5) is 0 Å². The van der Waals surface area contributed by atoms with Gasteiger partial charge < -0.3 is 15.0 Å². The molecule has 2 fully saturated rings. The number of morpholine rings is 1. The highest BCUT2D eigenvalue weighted by Crippen LogP contribution is 2.35. The van der Waals surface area contributed by atoms with E-state index in [9.17, 15) is 8.42 Å². The lowest BCUT2D eigenvalue weighted by molar-refractivity contribution is 0.0730. The Bertz CT molecular complexity index is 884. The number of rotatable bonds is 4. The fraction of sp³-hybridized carbons (Fsp3) is 0.529. The molecule has 2 heterocycles. The van der Waals surface area contributed by atoms with Crippen LogP contribution in [0.5, 0.6) is 0 Å². The van der Waals surface area contributed by atoms with E-state index in [-0.39, 0.29) is 10.8 Å². The number of benzene rings is 1. The molecule has 0 unspecified atom stereocenters. The first-order valence-electron chi connectivity index (χ1n) is 8.80. The van der Waals surface area contributed by atoms with Gasteiger partial charge in [0.15, 0.2) is 5.82 Å². The van der Waals surface area contributed by atoms with Gasteiger partial charge in [-0.15, -0.1) is 0 Å². The number of nitrogens with zero attached hydrogens (tertiary/aromatic N) is 3. The van der Waals surface area contributed by atoms with Crippen LogP contribution in [0.3, 0.4) is 0 Å². The van der Waals surface area contributed by atoms with Gasteiger partial charge in [0, 0.05) is 18.7 Å². The molecule has 0 amide bonds. The molecule has 0 bridgehead atoms. The molecule has 4 rings (SSSR count). The summed E-state index contributed by atoms with van der Waals surface area (Å²) in [5.74, 6) is 0.780. The summed E-state index contributed by atoms with van der Waals surface area (Å²) in [5, 5.41) is 4.04. The standard InChI is InChI=1S/C17H22N4O4S/c18-17(6-1-2-7-17)16-19-15(25-20-16)13-4-3-5-14(12-13)26(22,23)21-8-10-24-11-9-21/h3-5,12H,1-2,6-11,18H2. The van der Waals surface area contributed by atoms with Crippen molar-refractivity contribution in [1.82, 2.24) is 14.4 Å². The van der Waals surface area contributed by atoms with Gasteiger partial charge in [0.05, 0.1) is 23.6 Å². The maximum atomic E-state index is 12.8. The predicted octanol–water partition coefficient (Wildman–Crippen LogP) is 1.49. The maximum absolute atomic E-state index is 12.8. The van der Waals surface area contributed by atoms with Crippen molar-refractivity contribution in [3.05, 3.63) is 30.1 Å². The van der Waals surface area contributed by atoms with Gasteiger partial charge in [-0.25, -0.2) is 8.42 Å². The van der Waals surface area contributed by atoms with Crippen molar-refractivity contribution in [3.8, 4) is 11.5 Å². The van der Waals surface area contributed by atoms with Crippen molar-refractivity contribution in [2.45, 2.75) is 36.1 Å². The Kier molecular flexibility index (Phi) is 4.55. The van der Waals surface area contributed by atoms with E-state index in [4.69, 9.17) is 15.0 Å². The molecular weight excluding hydrogens is 356 g/mol. The van der Waals surface area contributed by atoms with E-state index in [0.717, 1.165) is 25.7 Å². The van der Waals surface area contributed by atoms with E-state index in [1.807, 2.05) is 0 Å². The van der Waals surface area contributed by atoms with Gasteiger partial charge in [-0.3, -0.25) is 0 Å². The Labute approximate surface area is 152 Å². The first kappa shape index (κ1) is 17.6. The second-order valence-electron chi connectivity index (χ2n) is 6.83. The lowest BCUT2D eigenvalue weighted by Gasteiger charge is -2.26. The Morgan fingerprint density at radius 2 is 1.88 bits per heavy atom. The van der Waals surface area contributed by atoms with Gasteiger partial charge >= 0.3 is 0 Å². The normalized spacial score (nSPS) is 21.1. The lowest BCUT2D eigenvalue weighted by atomic mass is 9.99. The summed E-state index contributed by atoms with van der Waals surface area (Å²) in [6, 6.07) is 6.58. The summed E-state index contributed by atoms with van der Waals surface area (Å²) in [4.78, 5) is 4.65. The second kappa shape index (κ2) is 6.73. The Balaban J connectivity index is 1.63. The zero-order chi connectivity index (χ0) is 18.2. The summed E-state index contributed by atoms with van der Waals surface area (Å²) in [6.07, 6.45) is 3.76. The molecule has 140 valence electrons. The molecule has 2 aromatic rings. The highest BCUT2D eigenvalue weighted by molar-refractivity contribution is 7.89. The van der Waals surface area contributed by atoms with Crippen LogP contribution in [0.2, 0.25) is 0 Å². The average molecular weight is 378 g/mol. The highest BCUT2D eigenvalue weighted by Gasteiger charge is 2.36. The molecule has 1 aliphatic carbocycles. The monoisotopic (exact) mass is 378 g/mol. The molecule has 1 saturated heterocycles. The van der Waals surface area contributed by atoms with Crippen molar-refractivity contribution in [1.29, 1.82) is 0 Å². The third kappa shape index (κ3) is 3.16. The Morgan fingerprint density at radius 3 is 2.62 bits per heavy atom. The molecule has 0 radical (unpaired) electrons. The maximum Gasteiger partial charge on any atom is 0.258 e. The molecule has 2 aliphatic rings.